The molecule has 8 heteroatoms. The quantitative estimate of drug-likeness (QED) is 0.692. The highest BCUT2D eigenvalue weighted by atomic mass is 32.2. The third-order valence-electron chi connectivity index (χ3n) is 5.84. The van der Waals surface area contributed by atoms with Gasteiger partial charge in [0.2, 0.25) is 0 Å². The van der Waals surface area contributed by atoms with Gasteiger partial charge in [-0.25, -0.2) is 14.8 Å². The lowest BCUT2D eigenvalue weighted by atomic mass is 9.89. The molecule has 2 aliphatic rings. The summed E-state index contributed by atoms with van der Waals surface area (Å²) in [7, 11) is 1.98. The van der Waals surface area contributed by atoms with Gasteiger partial charge in [-0.3, -0.25) is 5.32 Å². The molecule has 0 aromatic carbocycles. The lowest BCUT2D eigenvalue weighted by molar-refractivity contribution is 0.114. The summed E-state index contributed by atoms with van der Waals surface area (Å²) in [5.74, 6) is 0. The average molecular weight is 420 g/mol. The predicted octanol–water partition coefficient (Wildman–Crippen LogP) is 5.53. The highest BCUT2D eigenvalue weighted by Crippen LogP contribution is 2.34. The largest absolute Gasteiger partial charge is 0.329 e. The van der Waals surface area contributed by atoms with Crippen molar-refractivity contribution in [1.29, 1.82) is 0 Å². The van der Waals surface area contributed by atoms with Crippen molar-refractivity contribution in [1.82, 2.24) is 19.4 Å². The molecule has 2 aromatic rings. The van der Waals surface area contributed by atoms with Gasteiger partial charge >= 0.3 is 6.03 Å². The Morgan fingerprint density at radius 1 is 1.11 bits per heavy atom. The molecule has 6 nitrogen and oxygen atoms in total. The SMILES string of the molecule is Cn1ccnc1Sc1cnc(NC(=O)N(C2CCCCC2)C2CCCCC2)s1. The van der Waals surface area contributed by atoms with Crippen molar-refractivity contribution in [2.45, 2.75) is 85.7 Å². The zero-order valence-corrected chi connectivity index (χ0v) is 18.1. The standard InChI is InChI=1S/C20H29N5OS2/c1-24-13-12-21-20(24)28-17-14-22-18(27-17)23-19(26)25(15-8-4-2-5-9-15)16-10-6-3-7-11-16/h12-16H,2-11H2,1H3,(H,22,23,26). The van der Waals surface area contributed by atoms with Crippen molar-refractivity contribution in [2.75, 3.05) is 5.32 Å². The van der Waals surface area contributed by atoms with Gasteiger partial charge in [0.05, 0.1) is 10.4 Å². The Morgan fingerprint density at radius 3 is 2.32 bits per heavy atom. The summed E-state index contributed by atoms with van der Waals surface area (Å²) in [6.45, 7) is 0. The van der Waals surface area contributed by atoms with Crippen molar-refractivity contribution in [3.05, 3.63) is 18.6 Å². The molecule has 2 saturated carbocycles. The van der Waals surface area contributed by atoms with Crippen LogP contribution in [0.4, 0.5) is 9.93 Å². The molecular weight excluding hydrogens is 390 g/mol. The maximum atomic E-state index is 13.2. The van der Waals surface area contributed by atoms with Gasteiger partial charge in [-0.15, -0.1) is 0 Å². The number of amides is 2. The van der Waals surface area contributed by atoms with E-state index < -0.39 is 0 Å². The molecule has 0 atom stereocenters. The number of imidazole rings is 1. The van der Waals surface area contributed by atoms with Crippen molar-refractivity contribution in [2.24, 2.45) is 7.05 Å². The van der Waals surface area contributed by atoms with Gasteiger partial charge in [-0.1, -0.05) is 49.9 Å². The van der Waals surface area contributed by atoms with E-state index in [1.807, 2.05) is 24.0 Å². The van der Waals surface area contributed by atoms with Crippen LogP contribution >= 0.6 is 23.1 Å². The molecular formula is C20H29N5OS2. The van der Waals surface area contributed by atoms with Gasteiger partial charge in [0.15, 0.2) is 10.3 Å². The minimum absolute atomic E-state index is 0.0432. The first-order valence-corrected chi connectivity index (χ1v) is 12.0. The zero-order chi connectivity index (χ0) is 19.3. The van der Waals surface area contributed by atoms with E-state index in [-0.39, 0.29) is 6.03 Å². The highest BCUT2D eigenvalue weighted by molar-refractivity contribution is 8.01. The zero-order valence-electron chi connectivity index (χ0n) is 16.5. The smallest absolute Gasteiger partial charge is 0.324 e. The lowest BCUT2D eigenvalue weighted by Gasteiger charge is -2.41. The van der Waals surface area contributed by atoms with Crippen LogP contribution in [-0.2, 0) is 7.05 Å². The molecule has 152 valence electrons. The molecule has 2 aliphatic carbocycles. The Labute approximate surface area is 175 Å². The summed E-state index contributed by atoms with van der Waals surface area (Å²) < 4.78 is 3.02. The van der Waals surface area contributed by atoms with Crippen LogP contribution in [0.25, 0.3) is 0 Å². The topological polar surface area (TPSA) is 63.1 Å². The second-order valence-corrected chi connectivity index (χ2v) is 10.1. The number of carbonyl (C=O) groups is 1. The molecule has 0 aliphatic heterocycles. The summed E-state index contributed by atoms with van der Waals surface area (Å²) >= 11 is 3.10. The van der Waals surface area contributed by atoms with Gasteiger partial charge < -0.3 is 9.47 Å². The van der Waals surface area contributed by atoms with E-state index in [2.05, 4.69) is 20.2 Å². The van der Waals surface area contributed by atoms with Crippen LogP contribution in [-0.4, -0.2) is 37.5 Å². The maximum absolute atomic E-state index is 13.2. The van der Waals surface area contributed by atoms with E-state index in [4.69, 9.17) is 0 Å². The lowest BCUT2D eigenvalue weighted by Crippen LogP contribution is -2.50. The van der Waals surface area contributed by atoms with Crippen molar-refractivity contribution >= 4 is 34.3 Å². The number of aromatic nitrogens is 3. The van der Waals surface area contributed by atoms with Gasteiger partial charge in [0.25, 0.3) is 0 Å². The molecule has 0 radical (unpaired) electrons. The fraction of sp³-hybridized carbons (Fsp3) is 0.650. The monoisotopic (exact) mass is 419 g/mol. The number of thiazole rings is 1. The number of hydrogen-bond acceptors (Lipinski definition) is 5. The molecule has 0 saturated heterocycles. The number of nitrogens with zero attached hydrogens (tertiary/aromatic N) is 4. The third-order valence-corrected chi connectivity index (χ3v) is 7.93. The second-order valence-electron chi connectivity index (χ2n) is 7.83. The van der Waals surface area contributed by atoms with E-state index in [0.29, 0.717) is 17.2 Å². The summed E-state index contributed by atoms with van der Waals surface area (Å²) in [4.78, 5) is 24.2. The molecule has 0 bridgehead atoms. The molecule has 4 rings (SSSR count). The van der Waals surface area contributed by atoms with Crippen LogP contribution in [0.2, 0.25) is 0 Å². The number of nitrogens with one attached hydrogen (secondary N) is 1. The van der Waals surface area contributed by atoms with E-state index >= 15 is 0 Å². The second kappa shape index (κ2) is 9.31. The molecule has 2 amide bonds. The van der Waals surface area contributed by atoms with Crippen molar-refractivity contribution < 1.29 is 4.79 Å². The maximum Gasteiger partial charge on any atom is 0.324 e. The molecule has 0 unspecified atom stereocenters. The fourth-order valence-corrected chi connectivity index (χ4v) is 6.18. The van der Waals surface area contributed by atoms with Crippen LogP contribution in [0, 0.1) is 0 Å². The van der Waals surface area contributed by atoms with Gasteiger partial charge in [0, 0.05) is 31.5 Å². The number of anilines is 1. The molecule has 0 spiro atoms. The number of carbonyl (C=O) groups excluding carboxylic acids is 1. The van der Waals surface area contributed by atoms with Crippen LogP contribution in [0.15, 0.2) is 28.0 Å². The van der Waals surface area contributed by atoms with Gasteiger partial charge in [-0.05, 0) is 37.4 Å². The third kappa shape index (κ3) is 4.71. The van der Waals surface area contributed by atoms with Crippen LogP contribution in [0.5, 0.6) is 0 Å². The first-order valence-electron chi connectivity index (χ1n) is 10.4. The van der Waals surface area contributed by atoms with E-state index in [9.17, 15) is 4.79 Å². The Balaban J connectivity index is 1.44. The Kier molecular flexibility index (Phi) is 6.57. The van der Waals surface area contributed by atoms with Crippen molar-refractivity contribution in [3.63, 3.8) is 0 Å². The Hall–Kier alpha value is -1.54. The average Bonchev–Trinajstić information content (AvgIpc) is 3.33. The number of hydrogen-bond donors (Lipinski definition) is 1. The summed E-state index contributed by atoms with van der Waals surface area (Å²) in [6, 6.07) is 0.818. The minimum atomic E-state index is 0.0432. The van der Waals surface area contributed by atoms with Gasteiger partial charge in [0.1, 0.15) is 0 Å². The fourth-order valence-electron chi connectivity index (χ4n) is 4.41. The van der Waals surface area contributed by atoms with Crippen molar-refractivity contribution in [3.8, 4) is 0 Å². The molecule has 28 heavy (non-hydrogen) atoms. The van der Waals surface area contributed by atoms with Crippen LogP contribution in [0.1, 0.15) is 64.2 Å². The van der Waals surface area contributed by atoms with E-state index in [1.165, 1.54) is 49.9 Å². The molecule has 2 heterocycles. The normalized spacial score (nSPS) is 18.9. The van der Waals surface area contributed by atoms with Crippen LogP contribution < -0.4 is 5.32 Å². The number of urea groups is 1. The summed E-state index contributed by atoms with van der Waals surface area (Å²) in [6.07, 6.45) is 17.7. The first kappa shape index (κ1) is 19.8. The van der Waals surface area contributed by atoms with Gasteiger partial charge in [-0.2, -0.15) is 0 Å². The Bertz CT molecular complexity index is 759. The number of aryl methyl sites for hydroxylation is 1. The minimum Gasteiger partial charge on any atom is -0.329 e. The molecule has 1 N–H and O–H groups in total. The highest BCUT2D eigenvalue weighted by Gasteiger charge is 2.32. The summed E-state index contributed by atoms with van der Waals surface area (Å²) in [5.41, 5.74) is 0. The first-order chi connectivity index (χ1) is 13.7. The van der Waals surface area contributed by atoms with E-state index in [0.717, 1.165) is 35.0 Å². The summed E-state index contributed by atoms with van der Waals surface area (Å²) in [5, 5.41) is 4.71. The molecule has 2 aromatic heterocycles. The number of rotatable bonds is 5. The van der Waals surface area contributed by atoms with Crippen LogP contribution in [0.3, 0.4) is 0 Å². The predicted molar refractivity (Wildman–Crippen MR) is 114 cm³/mol. The molecule has 2 fully saturated rings. The Morgan fingerprint density at radius 2 is 1.75 bits per heavy atom. The van der Waals surface area contributed by atoms with E-state index in [1.54, 1.807) is 18.0 Å².